The van der Waals surface area contributed by atoms with Crippen LogP contribution >= 0.6 is 0 Å². The third-order valence-electron chi connectivity index (χ3n) is 7.52. The zero-order valence-electron chi connectivity index (χ0n) is 23.4. The first-order valence-electron chi connectivity index (χ1n) is 13.6. The maximum absolute atomic E-state index is 14.4. The second-order valence-corrected chi connectivity index (χ2v) is 10.3. The van der Waals surface area contributed by atoms with Crippen molar-refractivity contribution in [3.63, 3.8) is 0 Å². The van der Waals surface area contributed by atoms with Crippen LogP contribution in [-0.2, 0) is 16.1 Å². The molecular weight excluding hydrogens is 506 g/mol. The number of carbonyl (C=O) groups is 2. The molecule has 9 nitrogen and oxygen atoms in total. The van der Waals surface area contributed by atoms with E-state index in [2.05, 4.69) is 15.6 Å². The molecule has 0 bridgehead atoms. The van der Waals surface area contributed by atoms with Crippen molar-refractivity contribution in [3.8, 4) is 11.5 Å². The Kier molecular flexibility index (Phi) is 8.00. The fourth-order valence-electron chi connectivity index (χ4n) is 5.61. The summed E-state index contributed by atoms with van der Waals surface area (Å²) in [4.78, 5) is 30.2. The van der Waals surface area contributed by atoms with Crippen molar-refractivity contribution in [1.82, 2.24) is 20.3 Å². The molecule has 2 amide bonds. The number of aromatic nitrogens is 3. The molecule has 0 radical (unpaired) electrons. The third kappa shape index (κ3) is 5.36. The Morgan fingerprint density at radius 1 is 1.02 bits per heavy atom. The zero-order chi connectivity index (χ0) is 28.2. The first kappa shape index (κ1) is 27.2. The lowest BCUT2D eigenvalue weighted by Gasteiger charge is -2.34. The van der Waals surface area contributed by atoms with E-state index in [0.29, 0.717) is 28.3 Å². The Morgan fingerprint density at radius 2 is 1.80 bits per heavy atom. The predicted molar refractivity (Wildman–Crippen MR) is 154 cm³/mol. The summed E-state index contributed by atoms with van der Waals surface area (Å²) in [6.45, 7) is 3.84. The molecule has 1 atom stereocenters. The summed E-state index contributed by atoms with van der Waals surface area (Å²) in [5.41, 5.74) is 4.53. The average Bonchev–Trinajstić information content (AvgIpc) is 3.61. The Balaban J connectivity index is 1.66. The fraction of sp³-hybridized carbons (Fsp3) is 0.355. The van der Waals surface area contributed by atoms with Gasteiger partial charge in [0.1, 0.15) is 18.1 Å². The number of nitrogens with one attached hydrogen (secondary N) is 1. The molecule has 0 unspecified atom stereocenters. The van der Waals surface area contributed by atoms with E-state index >= 15 is 0 Å². The van der Waals surface area contributed by atoms with Crippen LogP contribution in [0.25, 0.3) is 11.0 Å². The molecule has 4 aromatic rings. The van der Waals surface area contributed by atoms with Crippen LogP contribution in [0.3, 0.4) is 0 Å². The van der Waals surface area contributed by atoms with Crippen LogP contribution in [0.5, 0.6) is 11.5 Å². The van der Waals surface area contributed by atoms with Crippen molar-refractivity contribution in [2.24, 2.45) is 0 Å². The Bertz CT molecular complexity index is 1530. The number of amides is 2. The molecule has 5 rings (SSSR count). The number of ether oxygens (including phenoxy) is 2. The number of carbonyl (C=O) groups excluding carboxylic acids is 2. The van der Waals surface area contributed by atoms with E-state index in [4.69, 9.17) is 9.47 Å². The molecule has 1 fully saturated rings. The van der Waals surface area contributed by atoms with Gasteiger partial charge in [-0.3, -0.25) is 14.5 Å². The summed E-state index contributed by atoms with van der Waals surface area (Å²) in [6, 6.07) is 17.8. The second-order valence-electron chi connectivity index (χ2n) is 10.3. The van der Waals surface area contributed by atoms with E-state index < -0.39 is 6.04 Å². The third-order valence-corrected chi connectivity index (χ3v) is 7.52. The highest BCUT2D eigenvalue weighted by molar-refractivity contribution is 6.02. The number of para-hydroxylation sites is 2. The minimum absolute atomic E-state index is 0.0573. The van der Waals surface area contributed by atoms with Gasteiger partial charge in [0.05, 0.1) is 19.7 Å². The Labute approximate surface area is 234 Å². The molecule has 208 valence electrons. The van der Waals surface area contributed by atoms with Crippen molar-refractivity contribution < 1.29 is 19.1 Å². The highest BCUT2D eigenvalue weighted by atomic mass is 16.5. The second kappa shape index (κ2) is 11.8. The van der Waals surface area contributed by atoms with Crippen molar-refractivity contribution >= 4 is 28.5 Å². The van der Waals surface area contributed by atoms with Crippen molar-refractivity contribution in [2.75, 3.05) is 19.1 Å². The van der Waals surface area contributed by atoms with Gasteiger partial charge < -0.3 is 14.8 Å². The number of nitrogens with zero attached hydrogens (tertiary/aromatic N) is 4. The van der Waals surface area contributed by atoms with Crippen LogP contribution in [0.2, 0.25) is 0 Å². The molecule has 0 spiro atoms. The number of methoxy groups -OCH3 is 2. The molecule has 1 aromatic heterocycles. The van der Waals surface area contributed by atoms with Crippen LogP contribution in [0.1, 0.15) is 48.4 Å². The Hall–Kier alpha value is -4.40. The largest absolute Gasteiger partial charge is 0.493 e. The van der Waals surface area contributed by atoms with Gasteiger partial charge in [0, 0.05) is 17.3 Å². The van der Waals surface area contributed by atoms with Crippen LogP contribution in [0, 0.1) is 13.8 Å². The molecule has 0 aliphatic heterocycles. The fourth-order valence-corrected chi connectivity index (χ4v) is 5.61. The highest BCUT2D eigenvalue weighted by Crippen LogP contribution is 2.40. The van der Waals surface area contributed by atoms with Crippen molar-refractivity contribution in [1.29, 1.82) is 0 Å². The Morgan fingerprint density at radius 3 is 2.52 bits per heavy atom. The molecular formula is C31H35N5O4. The van der Waals surface area contributed by atoms with Crippen LogP contribution in [0.4, 0.5) is 5.69 Å². The molecule has 1 aliphatic carbocycles. The van der Waals surface area contributed by atoms with Gasteiger partial charge in [-0.05, 0) is 56.5 Å². The van der Waals surface area contributed by atoms with Crippen LogP contribution < -0.4 is 19.7 Å². The van der Waals surface area contributed by atoms with E-state index in [9.17, 15) is 9.59 Å². The summed E-state index contributed by atoms with van der Waals surface area (Å²) < 4.78 is 12.9. The number of benzene rings is 3. The minimum atomic E-state index is -1.02. The summed E-state index contributed by atoms with van der Waals surface area (Å²) in [7, 11) is 3.09. The number of anilines is 1. The molecule has 1 saturated carbocycles. The number of hydrogen-bond acceptors (Lipinski definition) is 6. The maximum atomic E-state index is 14.4. The highest BCUT2D eigenvalue weighted by Gasteiger charge is 2.37. The van der Waals surface area contributed by atoms with Crippen molar-refractivity contribution in [2.45, 2.75) is 58.2 Å². The molecule has 1 N–H and O–H groups in total. The number of aryl methyl sites for hydroxylation is 2. The summed E-state index contributed by atoms with van der Waals surface area (Å²) in [5, 5.41) is 11.7. The van der Waals surface area contributed by atoms with Crippen LogP contribution in [0.15, 0.2) is 60.7 Å². The normalized spacial score (nSPS) is 14.2. The van der Waals surface area contributed by atoms with Gasteiger partial charge in [0.25, 0.3) is 0 Å². The molecule has 3 aromatic carbocycles. The van der Waals surface area contributed by atoms with E-state index in [1.54, 1.807) is 22.8 Å². The van der Waals surface area contributed by atoms with Gasteiger partial charge in [0.15, 0.2) is 11.5 Å². The van der Waals surface area contributed by atoms with E-state index in [0.717, 1.165) is 42.3 Å². The lowest BCUT2D eigenvalue weighted by molar-refractivity contribution is -0.127. The number of rotatable bonds is 9. The number of hydrogen-bond donors (Lipinski definition) is 1. The number of fused-ring (bicyclic) bond motifs is 1. The molecule has 1 aliphatic rings. The summed E-state index contributed by atoms with van der Waals surface area (Å²) in [5.74, 6) is 0.314. The predicted octanol–water partition coefficient (Wildman–Crippen LogP) is 4.90. The SMILES string of the molecule is COc1cccc([C@@H](C(=O)NC2CCCC2)N(C(=O)Cn2nnc3ccccc32)c2ccc(C)cc2C)c1OC. The lowest BCUT2D eigenvalue weighted by Crippen LogP contribution is -2.47. The molecule has 0 saturated heterocycles. The smallest absolute Gasteiger partial charge is 0.249 e. The van der Waals surface area contributed by atoms with Gasteiger partial charge in [-0.2, -0.15) is 0 Å². The van der Waals surface area contributed by atoms with E-state index in [1.807, 2.05) is 68.4 Å². The van der Waals surface area contributed by atoms with Gasteiger partial charge in [-0.15, -0.1) is 5.10 Å². The molecule has 40 heavy (non-hydrogen) atoms. The molecule has 9 heteroatoms. The monoisotopic (exact) mass is 541 g/mol. The van der Waals surface area contributed by atoms with E-state index in [-0.39, 0.29) is 24.4 Å². The average molecular weight is 542 g/mol. The quantitative estimate of drug-likeness (QED) is 0.324. The molecule has 1 heterocycles. The van der Waals surface area contributed by atoms with Gasteiger partial charge in [0.2, 0.25) is 11.8 Å². The van der Waals surface area contributed by atoms with Gasteiger partial charge >= 0.3 is 0 Å². The summed E-state index contributed by atoms with van der Waals surface area (Å²) in [6.07, 6.45) is 3.96. The van der Waals surface area contributed by atoms with Gasteiger partial charge in [-0.1, -0.05) is 60.0 Å². The maximum Gasteiger partial charge on any atom is 0.249 e. The van der Waals surface area contributed by atoms with E-state index in [1.165, 1.54) is 7.11 Å². The standard InChI is InChI=1S/C31H35N5O4/c1-20-16-17-25(21(2)18-20)36(28(37)19-35-26-14-8-7-13-24(26)33-34-35)29(31(38)32-22-10-5-6-11-22)23-12-9-15-27(39-3)30(23)40-4/h7-9,12-18,22,29H,5-6,10-11,19H2,1-4H3,(H,32,38)/t29-/m0/s1. The lowest BCUT2D eigenvalue weighted by atomic mass is 9.99. The minimum Gasteiger partial charge on any atom is -0.493 e. The first-order chi connectivity index (χ1) is 19.4. The summed E-state index contributed by atoms with van der Waals surface area (Å²) >= 11 is 0. The first-order valence-corrected chi connectivity index (χ1v) is 13.6. The van der Waals surface area contributed by atoms with Crippen molar-refractivity contribution in [3.05, 3.63) is 77.4 Å². The van der Waals surface area contributed by atoms with Gasteiger partial charge in [-0.25, -0.2) is 4.68 Å². The topological polar surface area (TPSA) is 98.6 Å². The zero-order valence-corrected chi connectivity index (χ0v) is 23.4. The van der Waals surface area contributed by atoms with Crippen LogP contribution in [-0.4, -0.2) is 47.1 Å².